The Morgan fingerprint density at radius 3 is 2.23 bits per heavy atom. The zero-order valence-electron chi connectivity index (χ0n) is 19.3. The normalized spacial score (nSPS) is 15.4. The molecule has 0 unspecified atom stereocenters. The van der Waals surface area contributed by atoms with Crippen LogP contribution in [0.2, 0.25) is 0 Å². The van der Waals surface area contributed by atoms with Crippen LogP contribution in [0.5, 0.6) is 0 Å². The number of carboxylic acid groups (broad SMARTS) is 1. The summed E-state index contributed by atoms with van der Waals surface area (Å²) in [6, 6.07) is 16.2. The van der Waals surface area contributed by atoms with E-state index in [1.165, 1.54) is 4.68 Å². The van der Waals surface area contributed by atoms with Gasteiger partial charge in [-0.05, 0) is 35.1 Å². The topological polar surface area (TPSA) is 114 Å². The minimum absolute atomic E-state index is 0.0707. The molecule has 5 rings (SSSR count). The number of fused-ring (bicyclic) bond motifs is 3. The predicted molar refractivity (Wildman–Crippen MR) is 128 cm³/mol. The summed E-state index contributed by atoms with van der Waals surface area (Å²) in [5, 5.41) is 16.1. The third-order valence-electron chi connectivity index (χ3n) is 6.74. The van der Waals surface area contributed by atoms with Crippen molar-refractivity contribution in [1.29, 1.82) is 0 Å². The smallest absolute Gasteiger partial charge is 0.411 e. The fraction of sp³-hybridized carbons (Fsp3) is 0.308. The number of carboxylic acids is 1. The van der Waals surface area contributed by atoms with Gasteiger partial charge in [0.25, 0.3) is 5.91 Å². The molecule has 1 aliphatic heterocycles. The van der Waals surface area contributed by atoms with Crippen LogP contribution in [-0.2, 0) is 16.6 Å². The van der Waals surface area contributed by atoms with Crippen molar-refractivity contribution in [3.63, 3.8) is 0 Å². The number of anilines is 1. The van der Waals surface area contributed by atoms with E-state index in [0.29, 0.717) is 25.9 Å². The Balaban J connectivity index is 1.26. The second kappa shape index (κ2) is 9.25. The van der Waals surface area contributed by atoms with E-state index >= 15 is 0 Å². The monoisotopic (exact) mass is 474 g/mol. The molecule has 1 fully saturated rings. The molecule has 2 amide bonds. The highest BCUT2D eigenvalue weighted by molar-refractivity contribution is 6.01. The maximum absolute atomic E-state index is 13.0. The van der Waals surface area contributed by atoms with E-state index in [-0.39, 0.29) is 29.8 Å². The van der Waals surface area contributed by atoms with E-state index in [4.69, 9.17) is 4.74 Å². The first-order valence-corrected chi connectivity index (χ1v) is 11.6. The second-order valence-corrected chi connectivity index (χ2v) is 8.92. The molecule has 2 aliphatic rings. The molecule has 2 N–H and O–H groups in total. The van der Waals surface area contributed by atoms with Crippen LogP contribution >= 0.6 is 0 Å². The van der Waals surface area contributed by atoms with Gasteiger partial charge in [0, 0.05) is 32.3 Å². The van der Waals surface area contributed by atoms with Crippen LogP contribution in [0, 0.1) is 5.92 Å². The number of rotatable bonds is 5. The number of aromatic nitrogens is 2. The Morgan fingerprint density at radius 1 is 1.03 bits per heavy atom. The van der Waals surface area contributed by atoms with Gasteiger partial charge in [-0.15, -0.1) is 0 Å². The molecule has 0 radical (unpaired) electrons. The molecule has 1 aliphatic carbocycles. The quantitative estimate of drug-likeness (QED) is 0.583. The van der Waals surface area contributed by atoms with Gasteiger partial charge in [-0.1, -0.05) is 48.5 Å². The van der Waals surface area contributed by atoms with Gasteiger partial charge in [0.15, 0.2) is 5.69 Å². The molecular weight excluding hydrogens is 448 g/mol. The van der Waals surface area contributed by atoms with Crippen molar-refractivity contribution in [3.8, 4) is 11.1 Å². The number of nitrogens with one attached hydrogen (secondary N) is 1. The van der Waals surface area contributed by atoms with E-state index < -0.39 is 18.0 Å². The lowest BCUT2D eigenvalue weighted by molar-refractivity contribution is -0.143. The third-order valence-corrected chi connectivity index (χ3v) is 6.74. The van der Waals surface area contributed by atoms with Crippen molar-refractivity contribution < 1.29 is 24.2 Å². The molecule has 2 aromatic carbocycles. The van der Waals surface area contributed by atoms with Crippen molar-refractivity contribution in [3.05, 3.63) is 71.5 Å². The SMILES string of the molecule is Cn1cc(NC(=O)OCC2c3ccccc3-c3ccccc32)c(C(=O)N2CCC(C(=O)O)CC2)n1. The van der Waals surface area contributed by atoms with Crippen LogP contribution in [0.15, 0.2) is 54.7 Å². The lowest BCUT2D eigenvalue weighted by Gasteiger charge is -2.29. The Hall–Kier alpha value is -4.14. The minimum Gasteiger partial charge on any atom is -0.481 e. The standard InChI is InChI=1S/C26H26N4O5/c1-29-14-22(23(28-29)24(31)30-12-10-16(11-13-30)25(32)33)27-26(34)35-15-21-19-8-4-2-6-17(19)18-7-3-5-9-20(18)21/h2-9,14,16,21H,10-13,15H2,1H3,(H,27,34)(H,32,33). The number of amides is 2. The van der Waals surface area contributed by atoms with E-state index in [1.807, 2.05) is 36.4 Å². The number of carbonyl (C=O) groups is 3. The van der Waals surface area contributed by atoms with Crippen LogP contribution in [0.1, 0.15) is 40.4 Å². The van der Waals surface area contributed by atoms with E-state index in [1.54, 1.807) is 18.1 Å². The summed E-state index contributed by atoms with van der Waals surface area (Å²) in [7, 11) is 1.66. The van der Waals surface area contributed by atoms with Crippen LogP contribution in [0.4, 0.5) is 10.5 Å². The summed E-state index contributed by atoms with van der Waals surface area (Å²) in [4.78, 5) is 38.5. The number of aliphatic carboxylic acids is 1. The summed E-state index contributed by atoms with van der Waals surface area (Å²) in [6.07, 6.45) is 1.67. The zero-order chi connectivity index (χ0) is 24.5. The summed E-state index contributed by atoms with van der Waals surface area (Å²) in [6.45, 7) is 0.819. The molecule has 9 heteroatoms. The first kappa shape index (κ1) is 22.6. The number of piperidine rings is 1. The molecule has 35 heavy (non-hydrogen) atoms. The second-order valence-electron chi connectivity index (χ2n) is 8.92. The Bertz CT molecular complexity index is 1250. The van der Waals surface area contributed by atoms with Gasteiger partial charge in [-0.2, -0.15) is 5.10 Å². The molecule has 9 nitrogen and oxygen atoms in total. The zero-order valence-corrected chi connectivity index (χ0v) is 19.3. The average molecular weight is 475 g/mol. The molecular formula is C26H26N4O5. The highest BCUT2D eigenvalue weighted by Crippen LogP contribution is 2.44. The highest BCUT2D eigenvalue weighted by atomic mass is 16.5. The number of nitrogens with zero attached hydrogens (tertiary/aromatic N) is 3. The average Bonchev–Trinajstić information content (AvgIpc) is 3.39. The molecule has 0 bridgehead atoms. The van der Waals surface area contributed by atoms with Gasteiger partial charge in [-0.25, -0.2) is 4.79 Å². The molecule has 1 aromatic heterocycles. The van der Waals surface area contributed by atoms with Gasteiger partial charge < -0.3 is 14.7 Å². The van der Waals surface area contributed by atoms with E-state index in [2.05, 4.69) is 22.5 Å². The molecule has 3 aromatic rings. The first-order valence-electron chi connectivity index (χ1n) is 11.6. The third kappa shape index (κ3) is 4.37. The van der Waals surface area contributed by atoms with E-state index in [0.717, 1.165) is 22.3 Å². The van der Waals surface area contributed by atoms with Gasteiger partial charge in [0.05, 0.1) is 11.6 Å². The predicted octanol–water partition coefficient (Wildman–Crippen LogP) is 3.72. The first-order chi connectivity index (χ1) is 16.9. The van der Waals surface area contributed by atoms with Crippen molar-refractivity contribution in [2.24, 2.45) is 13.0 Å². The summed E-state index contributed by atoms with van der Waals surface area (Å²) in [5.41, 5.74) is 4.88. The molecule has 2 heterocycles. The number of benzene rings is 2. The lowest BCUT2D eigenvalue weighted by Crippen LogP contribution is -2.40. The Labute approximate surface area is 202 Å². The lowest BCUT2D eigenvalue weighted by atomic mass is 9.97. The van der Waals surface area contributed by atoms with Crippen LogP contribution in [0.25, 0.3) is 11.1 Å². The molecule has 0 spiro atoms. The van der Waals surface area contributed by atoms with Crippen molar-refractivity contribution in [1.82, 2.24) is 14.7 Å². The fourth-order valence-electron chi connectivity index (χ4n) is 4.96. The number of likely N-dealkylation sites (tertiary alicyclic amines) is 1. The van der Waals surface area contributed by atoms with Gasteiger partial charge in [-0.3, -0.25) is 19.6 Å². The summed E-state index contributed by atoms with van der Waals surface area (Å²) < 4.78 is 7.05. The minimum atomic E-state index is -0.840. The van der Waals surface area contributed by atoms with Gasteiger partial charge in [0.2, 0.25) is 0 Å². The molecule has 0 atom stereocenters. The van der Waals surface area contributed by atoms with Gasteiger partial charge >= 0.3 is 12.1 Å². The number of hydrogen-bond donors (Lipinski definition) is 2. The number of hydrogen-bond acceptors (Lipinski definition) is 5. The van der Waals surface area contributed by atoms with Gasteiger partial charge in [0.1, 0.15) is 6.61 Å². The van der Waals surface area contributed by atoms with E-state index in [9.17, 15) is 19.5 Å². The van der Waals surface area contributed by atoms with Crippen LogP contribution < -0.4 is 5.32 Å². The molecule has 0 saturated carbocycles. The fourth-order valence-corrected chi connectivity index (χ4v) is 4.96. The largest absolute Gasteiger partial charge is 0.481 e. The molecule has 1 saturated heterocycles. The number of ether oxygens (including phenoxy) is 1. The Kier molecular flexibility index (Phi) is 5.98. The van der Waals surface area contributed by atoms with Crippen molar-refractivity contribution in [2.75, 3.05) is 25.0 Å². The Morgan fingerprint density at radius 2 is 1.63 bits per heavy atom. The van der Waals surface area contributed by atoms with Crippen LogP contribution in [0.3, 0.4) is 0 Å². The number of aryl methyl sites for hydroxylation is 1. The van der Waals surface area contributed by atoms with Crippen molar-refractivity contribution in [2.45, 2.75) is 18.8 Å². The maximum atomic E-state index is 13.0. The highest BCUT2D eigenvalue weighted by Gasteiger charge is 2.31. The van der Waals surface area contributed by atoms with Crippen molar-refractivity contribution >= 4 is 23.7 Å². The number of carbonyl (C=O) groups excluding carboxylic acids is 2. The molecule has 180 valence electrons. The maximum Gasteiger partial charge on any atom is 0.411 e. The summed E-state index contributed by atoms with van der Waals surface area (Å²) in [5.74, 6) is -1.70. The summed E-state index contributed by atoms with van der Waals surface area (Å²) >= 11 is 0. The van der Waals surface area contributed by atoms with Crippen LogP contribution in [-0.4, -0.2) is 57.5 Å².